The second kappa shape index (κ2) is 10.3. The highest BCUT2D eigenvalue weighted by Crippen LogP contribution is 2.17. The molecule has 0 atom stereocenters. The Morgan fingerprint density at radius 2 is 1.55 bits per heavy atom. The van der Waals surface area contributed by atoms with Gasteiger partial charge in [0.15, 0.2) is 6.61 Å². The maximum atomic E-state index is 12.3. The molecule has 0 aliphatic heterocycles. The Morgan fingerprint density at radius 3 is 2.19 bits per heavy atom. The van der Waals surface area contributed by atoms with Gasteiger partial charge in [0.1, 0.15) is 23.1 Å². The van der Waals surface area contributed by atoms with Crippen molar-refractivity contribution in [3.8, 4) is 17.6 Å². The highest BCUT2D eigenvalue weighted by molar-refractivity contribution is 6.09. The van der Waals surface area contributed by atoms with Crippen LogP contribution in [0.1, 0.15) is 5.56 Å². The fraction of sp³-hybridized carbons (Fsp3) is 0.0417. The molecule has 0 aromatic heterocycles. The Morgan fingerprint density at radius 1 is 0.903 bits per heavy atom. The molecule has 31 heavy (non-hydrogen) atoms. The molecule has 0 aliphatic carbocycles. The summed E-state index contributed by atoms with van der Waals surface area (Å²) in [6, 6.07) is 23.5. The highest BCUT2D eigenvalue weighted by Gasteiger charge is 2.10. The summed E-state index contributed by atoms with van der Waals surface area (Å²) in [4.78, 5) is 24.2. The molecule has 3 aromatic rings. The van der Waals surface area contributed by atoms with Crippen molar-refractivity contribution in [2.45, 2.75) is 0 Å². The van der Waals surface area contributed by atoms with Crippen LogP contribution in [0.5, 0.6) is 11.5 Å². The summed E-state index contributed by atoms with van der Waals surface area (Å²) < 4.78 is 5.46. The van der Waals surface area contributed by atoms with Crippen LogP contribution in [0.2, 0.25) is 0 Å². The third-order valence-corrected chi connectivity index (χ3v) is 4.11. The number of nitriles is 1. The number of phenols is 1. The van der Waals surface area contributed by atoms with Crippen molar-refractivity contribution in [2.24, 2.45) is 0 Å². The zero-order valence-corrected chi connectivity index (χ0v) is 16.4. The van der Waals surface area contributed by atoms with Crippen molar-refractivity contribution >= 4 is 29.3 Å². The van der Waals surface area contributed by atoms with E-state index >= 15 is 0 Å². The molecule has 0 aliphatic rings. The maximum Gasteiger partial charge on any atom is 0.266 e. The van der Waals surface area contributed by atoms with Crippen LogP contribution in [-0.4, -0.2) is 23.5 Å². The molecular weight excluding hydrogens is 394 g/mol. The number of nitrogens with one attached hydrogen (secondary N) is 2. The molecule has 0 spiro atoms. The number of ether oxygens (including phenoxy) is 1. The predicted molar refractivity (Wildman–Crippen MR) is 117 cm³/mol. The van der Waals surface area contributed by atoms with Crippen LogP contribution in [0.25, 0.3) is 6.08 Å². The van der Waals surface area contributed by atoms with Crippen molar-refractivity contribution in [3.05, 3.63) is 90.0 Å². The molecule has 7 nitrogen and oxygen atoms in total. The van der Waals surface area contributed by atoms with E-state index in [2.05, 4.69) is 10.6 Å². The normalized spacial score (nSPS) is 10.6. The number of aromatic hydroxyl groups is 1. The first kappa shape index (κ1) is 21.1. The van der Waals surface area contributed by atoms with Gasteiger partial charge in [0.05, 0.1) is 0 Å². The van der Waals surface area contributed by atoms with E-state index in [0.29, 0.717) is 22.7 Å². The Labute approximate surface area is 179 Å². The third kappa shape index (κ3) is 6.48. The quantitative estimate of drug-likeness (QED) is 0.308. The van der Waals surface area contributed by atoms with Gasteiger partial charge >= 0.3 is 0 Å². The number of anilines is 2. The van der Waals surface area contributed by atoms with E-state index in [0.717, 1.165) is 0 Å². The minimum Gasteiger partial charge on any atom is -0.508 e. The zero-order valence-electron chi connectivity index (χ0n) is 16.4. The van der Waals surface area contributed by atoms with Crippen LogP contribution < -0.4 is 15.4 Å². The van der Waals surface area contributed by atoms with Gasteiger partial charge < -0.3 is 20.5 Å². The van der Waals surface area contributed by atoms with Crippen LogP contribution in [0.15, 0.2) is 84.4 Å². The van der Waals surface area contributed by atoms with E-state index in [-0.39, 0.29) is 23.8 Å². The topological polar surface area (TPSA) is 111 Å². The molecule has 2 amide bonds. The Kier molecular flexibility index (Phi) is 7.01. The molecular formula is C24H19N3O4. The van der Waals surface area contributed by atoms with Gasteiger partial charge in [0.2, 0.25) is 0 Å². The molecule has 0 fully saturated rings. The number of hydrogen-bond donors (Lipinski definition) is 3. The largest absolute Gasteiger partial charge is 0.508 e. The van der Waals surface area contributed by atoms with Crippen molar-refractivity contribution < 1.29 is 19.4 Å². The van der Waals surface area contributed by atoms with E-state index in [1.165, 1.54) is 30.3 Å². The number of carbonyl (C=O) groups excluding carboxylic acids is 2. The van der Waals surface area contributed by atoms with Crippen LogP contribution in [0.3, 0.4) is 0 Å². The lowest BCUT2D eigenvalue weighted by Gasteiger charge is -2.08. The van der Waals surface area contributed by atoms with Gasteiger partial charge in [-0.3, -0.25) is 9.59 Å². The number of amides is 2. The van der Waals surface area contributed by atoms with Gasteiger partial charge in [0, 0.05) is 11.4 Å². The van der Waals surface area contributed by atoms with Crippen LogP contribution in [0, 0.1) is 11.3 Å². The Balaban J connectivity index is 1.57. The first-order valence-electron chi connectivity index (χ1n) is 9.33. The summed E-state index contributed by atoms with van der Waals surface area (Å²) in [5, 5.41) is 23.9. The van der Waals surface area contributed by atoms with Gasteiger partial charge in [-0.25, -0.2) is 0 Å². The smallest absolute Gasteiger partial charge is 0.266 e. The second-order valence-corrected chi connectivity index (χ2v) is 6.44. The number of nitrogens with zero attached hydrogens (tertiary/aromatic N) is 1. The number of para-hydroxylation sites is 1. The van der Waals surface area contributed by atoms with Gasteiger partial charge in [-0.2, -0.15) is 5.26 Å². The summed E-state index contributed by atoms with van der Waals surface area (Å²) in [6.45, 7) is -0.150. The molecule has 0 saturated heterocycles. The minimum atomic E-state index is -0.564. The molecule has 3 N–H and O–H groups in total. The fourth-order valence-corrected chi connectivity index (χ4v) is 2.59. The number of phenolic OH excluding ortho intramolecular Hbond substituents is 1. The van der Waals surface area contributed by atoms with Crippen molar-refractivity contribution in [1.29, 1.82) is 5.26 Å². The number of benzene rings is 3. The molecule has 0 bridgehead atoms. The van der Waals surface area contributed by atoms with Crippen molar-refractivity contribution in [1.82, 2.24) is 0 Å². The van der Waals surface area contributed by atoms with Gasteiger partial charge in [0.25, 0.3) is 11.8 Å². The molecule has 3 aromatic carbocycles. The monoisotopic (exact) mass is 413 g/mol. The molecule has 0 radical (unpaired) electrons. The van der Waals surface area contributed by atoms with E-state index in [9.17, 15) is 20.0 Å². The predicted octanol–water partition coefficient (Wildman–Crippen LogP) is 3.96. The average Bonchev–Trinajstić information content (AvgIpc) is 2.79. The molecule has 0 heterocycles. The summed E-state index contributed by atoms with van der Waals surface area (Å²) in [5.41, 5.74) is 1.69. The molecule has 0 unspecified atom stereocenters. The lowest BCUT2D eigenvalue weighted by atomic mass is 10.1. The first-order chi connectivity index (χ1) is 15.0. The number of rotatable bonds is 7. The SMILES string of the molecule is N#C/C(=C\c1ccc(OCC(=O)Nc2ccccc2)cc1)C(=O)Nc1ccc(O)cc1. The molecule has 3 rings (SSSR count). The van der Waals surface area contributed by atoms with E-state index in [1.807, 2.05) is 24.3 Å². The molecule has 0 saturated carbocycles. The van der Waals surface area contributed by atoms with E-state index in [1.54, 1.807) is 36.4 Å². The third-order valence-electron chi connectivity index (χ3n) is 4.11. The van der Waals surface area contributed by atoms with Gasteiger partial charge in [-0.05, 0) is 60.2 Å². The average molecular weight is 413 g/mol. The zero-order chi connectivity index (χ0) is 22.1. The van der Waals surface area contributed by atoms with Crippen LogP contribution >= 0.6 is 0 Å². The number of carbonyl (C=O) groups is 2. The Hall–Kier alpha value is -4.57. The minimum absolute atomic E-state index is 0.0777. The standard InChI is InChI=1S/C24H19N3O4/c25-15-18(24(30)27-20-8-10-21(28)11-9-20)14-17-6-12-22(13-7-17)31-16-23(29)26-19-4-2-1-3-5-19/h1-14,28H,16H2,(H,26,29)(H,27,30)/b18-14+. The highest BCUT2D eigenvalue weighted by atomic mass is 16.5. The lowest BCUT2D eigenvalue weighted by molar-refractivity contribution is -0.118. The van der Waals surface area contributed by atoms with E-state index in [4.69, 9.17) is 4.74 Å². The molecule has 154 valence electrons. The number of hydrogen-bond acceptors (Lipinski definition) is 5. The van der Waals surface area contributed by atoms with Crippen LogP contribution in [0.4, 0.5) is 11.4 Å². The summed E-state index contributed by atoms with van der Waals surface area (Å²) in [7, 11) is 0. The van der Waals surface area contributed by atoms with E-state index < -0.39 is 5.91 Å². The lowest BCUT2D eigenvalue weighted by Crippen LogP contribution is -2.20. The fourth-order valence-electron chi connectivity index (χ4n) is 2.59. The summed E-state index contributed by atoms with van der Waals surface area (Å²) >= 11 is 0. The maximum absolute atomic E-state index is 12.3. The molecule has 7 heteroatoms. The van der Waals surface area contributed by atoms with Crippen LogP contribution in [-0.2, 0) is 9.59 Å². The summed E-state index contributed by atoms with van der Waals surface area (Å²) in [6.07, 6.45) is 1.45. The first-order valence-corrected chi connectivity index (χ1v) is 9.33. The van der Waals surface area contributed by atoms with Crippen molar-refractivity contribution in [2.75, 3.05) is 17.2 Å². The van der Waals surface area contributed by atoms with Gasteiger partial charge in [-0.15, -0.1) is 0 Å². The van der Waals surface area contributed by atoms with Crippen molar-refractivity contribution in [3.63, 3.8) is 0 Å². The summed E-state index contributed by atoms with van der Waals surface area (Å²) in [5.74, 6) is -0.291. The Bertz CT molecular complexity index is 1120. The second-order valence-electron chi connectivity index (χ2n) is 6.44. The van der Waals surface area contributed by atoms with Gasteiger partial charge in [-0.1, -0.05) is 30.3 Å².